The van der Waals surface area contributed by atoms with Crippen LogP contribution in [0.5, 0.6) is 0 Å². The van der Waals surface area contributed by atoms with Crippen molar-refractivity contribution in [3.8, 4) is 0 Å². The number of aromatic nitrogens is 2. The zero-order valence-electron chi connectivity index (χ0n) is 11.4. The number of carbonyl (C=O) groups is 1. The quantitative estimate of drug-likeness (QED) is 0.734. The molecule has 1 amide bonds. The number of carbonyl (C=O) groups excluding carboxylic acids is 1. The number of nitrogens with one attached hydrogen (secondary N) is 2. The van der Waals surface area contributed by atoms with Crippen LogP contribution < -0.4 is 10.6 Å². The molecular weight excluding hydrogens is 228 g/mol. The molecule has 0 saturated heterocycles. The summed E-state index contributed by atoms with van der Waals surface area (Å²) in [6, 6.07) is 0.459. The SMILES string of the molecule is Cc1nn(C)c(C)c1CNCCC(=O)NC1CC1. The first-order valence-corrected chi connectivity index (χ1v) is 6.57. The highest BCUT2D eigenvalue weighted by atomic mass is 16.1. The van der Waals surface area contributed by atoms with Crippen LogP contribution in [-0.4, -0.2) is 28.3 Å². The second kappa shape index (κ2) is 5.52. The fraction of sp³-hybridized carbons (Fsp3) is 0.692. The smallest absolute Gasteiger partial charge is 0.221 e. The number of hydrogen-bond acceptors (Lipinski definition) is 3. The first-order valence-electron chi connectivity index (χ1n) is 6.57. The van der Waals surface area contributed by atoms with Crippen molar-refractivity contribution < 1.29 is 4.79 Å². The predicted molar refractivity (Wildman–Crippen MR) is 70.2 cm³/mol. The third-order valence-corrected chi connectivity index (χ3v) is 3.43. The molecule has 1 saturated carbocycles. The second-order valence-corrected chi connectivity index (χ2v) is 5.04. The van der Waals surface area contributed by atoms with Crippen molar-refractivity contribution in [3.63, 3.8) is 0 Å². The van der Waals surface area contributed by atoms with Crippen molar-refractivity contribution in [1.82, 2.24) is 20.4 Å². The van der Waals surface area contributed by atoms with Crippen molar-refractivity contribution in [2.75, 3.05) is 6.54 Å². The zero-order chi connectivity index (χ0) is 13.1. The van der Waals surface area contributed by atoms with Crippen LogP contribution in [-0.2, 0) is 18.4 Å². The van der Waals surface area contributed by atoms with Crippen LogP contribution in [0.3, 0.4) is 0 Å². The molecule has 0 atom stereocenters. The van der Waals surface area contributed by atoms with E-state index in [2.05, 4.69) is 22.7 Å². The van der Waals surface area contributed by atoms with Crippen LogP contribution in [0.25, 0.3) is 0 Å². The minimum absolute atomic E-state index is 0.157. The molecule has 0 unspecified atom stereocenters. The van der Waals surface area contributed by atoms with Gasteiger partial charge in [-0.3, -0.25) is 9.48 Å². The van der Waals surface area contributed by atoms with Gasteiger partial charge in [-0.15, -0.1) is 0 Å². The van der Waals surface area contributed by atoms with E-state index in [0.717, 1.165) is 25.1 Å². The van der Waals surface area contributed by atoms with Gasteiger partial charge in [-0.05, 0) is 26.7 Å². The van der Waals surface area contributed by atoms with Gasteiger partial charge in [0.2, 0.25) is 5.91 Å². The molecule has 1 fully saturated rings. The number of nitrogens with zero attached hydrogens (tertiary/aromatic N) is 2. The summed E-state index contributed by atoms with van der Waals surface area (Å²) in [4.78, 5) is 11.5. The second-order valence-electron chi connectivity index (χ2n) is 5.04. The van der Waals surface area contributed by atoms with E-state index in [1.807, 2.05) is 18.7 Å². The van der Waals surface area contributed by atoms with Gasteiger partial charge in [0.1, 0.15) is 0 Å². The molecule has 2 rings (SSSR count). The van der Waals surface area contributed by atoms with Crippen molar-refractivity contribution >= 4 is 5.91 Å². The average molecular weight is 250 g/mol. The molecule has 5 nitrogen and oxygen atoms in total. The molecule has 0 aliphatic heterocycles. The Labute approximate surface area is 108 Å². The zero-order valence-corrected chi connectivity index (χ0v) is 11.4. The molecular formula is C13H22N4O. The lowest BCUT2D eigenvalue weighted by Crippen LogP contribution is -2.29. The lowest BCUT2D eigenvalue weighted by molar-refractivity contribution is -0.121. The molecule has 1 aromatic rings. The van der Waals surface area contributed by atoms with E-state index in [0.29, 0.717) is 19.0 Å². The van der Waals surface area contributed by atoms with E-state index in [1.54, 1.807) is 0 Å². The van der Waals surface area contributed by atoms with Gasteiger partial charge in [-0.1, -0.05) is 0 Å². The van der Waals surface area contributed by atoms with Crippen LogP contribution in [0.4, 0.5) is 0 Å². The lowest BCUT2D eigenvalue weighted by atomic mass is 10.2. The van der Waals surface area contributed by atoms with Crippen LogP contribution in [0, 0.1) is 13.8 Å². The van der Waals surface area contributed by atoms with Crippen molar-refractivity contribution in [3.05, 3.63) is 17.0 Å². The topological polar surface area (TPSA) is 59.0 Å². The summed E-state index contributed by atoms with van der Waals surface area (Å²) >= 11 is 0. The minimum atomic E-state index is 0.157. The molecule has 18 heavy (non-hydrogen) atoms. The maximum Gasteiger partial charge on any atom is 0.221 e. The minimum Gasteiger partial charge on any atom is -0.353 e. The number of aryl methyl sites for hydroxylation is 2. The highest BCUT2D eigenvalue weighted by Gasteiger charge is 2.22. The summed E-state index contributed by atoms with van der Waals surface area (Å²) < 4.78 is 1.89. The average Bonchev–Trinajstić information content (AvgIpc) is 3.07. The number of hydrogen-bond donors (Lipinski definition) is 2. The molecule has 0 bridgehead atoms. The normalized spacial score (nSPS) is 14.8. The van der Waals surface area contributed by atoms with Crippen molar-refractivity contribution in [2.45, 2.75) is 45.7 Å². The molecule has 1 aliphatic rings. The molecule has 100 valence electrons. The van der Waals surface area contributed by atoms with Gasteiger partial charge in [0, 0.05) is 43.9 Å². The fourth-order valence-electron chi connectivity index (χ4n) is 2.02. The van der Waals surface area contributed by atoms with E-state index < -0.39 is 0 Å². The molecule has 1 aliphatic carbocycles. The maximum atomic E-state index is 11.5. The van der Waals surface area contributed by atoms with Gasteiger partial charge >= 0.3 is 0 Å². The Morgan fingerprint density at radius 2 is 2.17 bits per heavy atom. The summed E-state index contributed by atoms with van der Waals surface area (Å²) in [6.45, 7) is 5.58. The maximum absolute atomic E-state index is 11.5. The summed E-state index contributed by atoms with van der Waals surface area (Å²) in [6.07, 6.45) is 2.84. The summed E-state index contributed by atoms with van der Waals surface area (Å²) in [7, 11) is 1.95. The van der Waals surface area contributed by atoms with Crippen LogP contribution >= 0.6 is 0 Å². The number of rotatable bonds is 6. The van der Waals surface area contributed by atoms with E-state index in [1.165, 1.54) is 11.3 Å². The Morgan fingerprint density at radius 3 is 2.72 bits per heavy atom. The van der Waals surface area contributed by atoms with Crippen molar-refractivity contribution in [1.29, 1.82) is 0 Å². The van der Waals surface area contributed by atoms with Crippen LogP contribution in [0.1, 0.15) is 36.2 Å². The molecule has 5 heteroatoms. The van der Waals surface area contributed by atoms with Crippen molar-refractivity contribution in [2.24, 2.45) is 7.05 Å². The Kier molecular flexibility index (Phi) is 4.01. The van der Waals surface area contributed by atoms with Gasteiger partial charge < -0.3 is 10.6 Å². The fourth-order valence-corrected chi connectivity index (χ4v) is 2.02. The number of amides is 1. The first kappa shape index (κ1) is 13.1. The van der Waals surface area contributed by atoms with Gasteiger partial charge in [-0.2, -0.15) is 5.10 Å². The first-order chi connectivity index (χ1) is 8.58. The third-order valence-electron chi connectivity index (χ3n) is 3.43. The van der Waals surface area contributed by atoms with Gasteiger partial charge in [0.15, 0.2) is 0 Å². The highest BCUT2D eigenvalue weighted by molar-refractivity contribution is 5.76. The Bertz CT molecular complexity index is 434. The molecule has 1 aromatic heterocycles. The Hall–Kier alpha value is -1.36. The van der Waals surface area contributed by atoms with Gasteiger partial charge in [-0.25, -0.2) is 0 Å². The van der Waals surface area contributed by atoms with Gasteiger partial charge in [0.05, 0.1) is 5.69 Å². The monoisotopic (exact) mass is 250 g/mol. The predicted octanol–water partition coefficient (Wildman–Crippen LogP) is 0.795. The van der Waals surface area contributed by atoms with E-state index in [9.17, 15) is 4.79 Å². The molecule has 0 aromatic carbocycles. The summed E-state index contributed by atoms with van der Waals surface area (Å²) in [5.74, 6) is 0.157. The summed E-state index contributed by atoms with van der Waals surface area (Å²) in [5.41, 5.74) is 3.48. The van der Waals surface area contributed by atoms with E-state index in [4.69, 9.17) is 0 Å². The van der Waals surface area contributed by atoms with E-state index >= 15 is 0 Å². The lowest BCUT2D eigenvalue weighted by Gasteiger charge is -2.06. The van der Waals surface area contributed by atoms with Crippen LogP contribution in [0.2, 0.25) is 0 Å². The Balaban J connectivity index is 1.69. The Morgan fingerprint density at radius 1 is 1.44 bits per heavy atom. The highest BCUT2D eigenvalue weighted by Crippen LogP contribution is 2.18. The standard InChI is InChI=1S/C13H22N4O/c1-9-12(10(2)17(3)16-9)8-14-7-6-13(18)15-11-4-5-11/h11,14H,4-8H2,1-3H3,(H,15,18). The van der Waals surface area contributed by atoms with Crippen LogP contribution in [0.15, 0.2) is 0 Å². The molecule has 0 spiro atoms. The largest absolute Gasteiger partial charge is 0.353 e. The summed E-state index contributed by atoms with van der Waals surface area (Å²) in [5, 5.41) is 10.7. The molecule has 1 heterocycles. The third kappa shape index (κ3) is 3.32. The molecule has 0 radical (unpaired) electrons. The van der Waals surface area contributed by atoms with Gasteiger partial charge in [0.25, 0.3) is 0 Å². The molecule has 2 N–H and O–H groups in total. The van der Waals surface area contributed by atoms with E-state index in [-0.39, 0.29) is 5.91 Å².